The van der Waals surface area contributed by atoms with E-state index in [2.05, 4.69) is 44.0 Å². The fourth-order valence-electron chi connectivity index (χ4n) is 3.16. The summed E-state index contributed by atoms with van der Waals surface area (Å²) >= 11 is 1.72. The second-order valence-electron chi connectivity index (χ2n) is 6.53. The molecule has 3 nitrogen and oxygen atoms in total. The summed E-state index contributed by atoms with van der Waals surface area (Å²) in [5.41, 5.74) is 0.887. The second-order valence-corrected chi connectivity index (χ2v) is 7.50. The van der Waals surface area contributed by atoms with Crippen molar-refractivity contribution in [2.24, 2.45) is 0 Å². The van der Waals surface area contributed by atoms with E-state index in [1.54, 1.807) is 17.4 Å². The number of nitrogens with zero attached hydrogens (tertiary/aromatic N) is 1. The highest BCUT2D eigenvalue weighted by Gasteiger charge is 2.22. The van der Waals surface area contributed by atoms with E-state index < -0.39 is 0 Å². The first-order valence-corrected chi connectivity index (χ1v) is 9.09. The van der Waals surface area contributed by atoms with E-state index >= 15 is 0 Å². The van der Waals surface area contributed by atoms with E-state index in [9.17, 15) is 10.2 Å². The SMILES string of the molecule is CC(C)N(CCC(c1cccs1)c1ccc(O)cc1O)C(C)C. The van der Waals surface area contributed by atoms with Crippen molar-refractivity contribution in [3.05, 3.63) is 46.2 Å². The maximum Gasteiger partial charge on any atom is 0.123 e. The summed E-state index contributed by atoms with van der Waals surface area (Å²) in [4.78, 5) is 3.72. The Morgan fingerprint density at radius 2 is 1.74 bits per heavy atom. The number of rotatable bonds is 7. The van der Waals surface area contributed by atoms with Crippen molar-refractivity contribution in [2.45, 2.75) is 52.1 Å². The van der Waals surface area contributed by atoms with Gasteiger partial charge in [0.2, 0.25) is 0 Å². The van der Waals surface area contributed by atoms with Gasteiger partial charge >= 0.3 is 0 Å². The average molecular weight is 333 g/mol. The van der Waals surface area contributed by atoms with Gasteiger partial charge in [-0.05, 0) is 58.2 Å². The fourth-order valence-corrected chi connectivity index (χ4v) is 4.04. The first kappa shape index (κ1) is 17.8. The maximum absolute atomic E-state index is 10.3. The third-order valence-corrected chi connectivity index (χ3v) is 5.26. The van der Waals surface area contributed by atoms with Gasteiger partial charge in [-0.25, -0.2) is 0 Å². The predicted molar refractivity (Wildman–Crippen MR) is 97.5 cm³/mol. The molecule has 0 spiro atoms. The van der Waals surface area contributed by atoms with Crippen molar-refractivity contribution >= 4 is 11.3 Å². The molecule has 0 bridgehead atoms. The molecule has 0 aliphatic carbocycles. The Morgan fingerprint density at radius 3 is 2.26 bits per heavy atom. The van der Waals surface area contributed by atoms with E-state index in [0.29, 0.717) is 12.1 Å². The molecule has 1 atom stereocenters. The molecule has 2 N–H and O–H groups in total. The molecule has 0 fully saturated rings. The van der Waals surface area contributed by atoms with Crippen LogP contribution in [0, 0.1) is 0 Å². The number of hydrogen-bond donors (Lipinski definition) is 2. The second kappa shape index (κ2) is 7.84. The Hall–Kier alpha value is -1.52. The zero-order valence-corrected chi connectivity index (χ0v) is 15.2. The van der Waals surface area contributed by atoms with Crippen molar-refractivity contribution in [3.63, 3.8) is 0 Å². The lowest BCUT2D eigenvalue weighted by molar-refractivity contribution is 0.170. The summed E-state index contributed by atoms with van der Waals surface area (Å²) in [5, 5.41) is 21.9. The highest BCUT2D eigenvalue weighted by atomic mass is 32.1. The van der Waals surface area contributed by atoms with E-state index in [0.717, 1.165) is 18.5 Å². The van der Waals surface area contributed by atoms with Crippen LogP contribution in [0.3, 0.4) is 0 Å². The number of benzene rings is 1. The van der Waals surface area contributed by atoms with Crippen LogP contribution in [0.15, 0.2) is 35.7 Å². The van der Waals surface area contributed by atoms with Crippen molar-refractivity contribution < 1.29 is 10.2 Å². The lowest BCUT2D eigenvalue weighted by Gasteiger charge is -2.32. The van der Waals surface area contributed by atoms with Crippen LogP contribution >= 0.6 is 11.3 Å². The quantitative estimate of drug-likeness (QED) is 0.765. The minimum atomic E-state index is 0.0992. The Morgan fingerprint density at radius 1 is 1.04 bits per heavy atom. The number of phenols is 2. The maximum atomic E-state index is 10.3. The topological polar surface area (TPSA) is 43.7 Å². The van der Waals surface area contributed by atoms with E-state index in [1.165, 1.54) is 10.9 Å². The minimum Gasteiger partial charge on any atom is -0.508 e. The predicted octanol–water partition coefficient (Wildman–Crippen LogP) is 4.80. The average Bonchev–Trinajstić information content (AvgIpc) is 2.97. The number of phenolic OH excluding ortho intramolecular Hbond substituents is 2. The van der Waals surface area contributed by atoms with Gasteiger partial charge < -0.3 is 10.2 Å². The Bertz CT molecular complexity index is 600. The molecule has 126 valence electrons. The van der Waals surface area contributed by atoms with Crippen molar-refractivity contribution in [1.82, 2.24) is 4.90 Å². The summed E-state index contributed by atoms with van der Waals surface area (Å²) in [6.07, 6.45) is 0.940. The Balaban J connectivity index is 2.25. The van der Waals surface area contributed by atoms with Crippen LogP contribution in [0.2, 0.25) is 0 Å². The summed E-state index contributed by atoms with van der Waals surface area (Å²) < 4.78 is 0. The van der Waals surface area contributed by atoms with Crippen LogP contribution in [0.4, 0.5) is 0 Å². The highest BCUT2D eigenvalue weighted by Crippen LogP contribution is 2.37. The van der Waals surface area contributed by atoms with Crippen LogP contribution in [0.5, 0.6) is 11.5 Å². The molecule has 4 heteroatoms. The third kappa shape index (κ3) is 4.49. The van der Waals surface area contributed by atoms with Gasteiger partial charge in [0.25, 0.3) is 0 Å². The minimum absolute atomic E-state index is 0.0992. The smallest absolute Gasteiger partial charge is 0.123 e. The number of hydrogen-bond acceptors (Lipinski definition) is 4. The molecule has 1 aromatic heterocycles. The molecule has 0 amide bonds. The molecular formula is C19H27NO2S. The van der Waals surface area contributed by atoms with Gasteiger partial charge in [0.1, 0.15) is 11.5 Å². The van der Waals surface area contributed by atoms with Gasteiger partial charge in [-0.1, -0.05) is 12.1 Å². The first-order chi connectivity index (χ1) is 10.9. The molecule has 1 heterocycles. The van der Waals surface area contributed by atoms with Gasteiger partial charge in [-0.2, -0.15) is 0 Å². The number of thiophene rings is 1. The lowest BCUT2D eigenvalue weighted by Crippen LogP contribution is -2.38. The van der Waals surface area contributed by atoms with Gasteiger partial charge in [0, 0.05) is 34.5 Å². The largest absolute Gasteiger partial charge is 0.508 e. The lowest BCUT2D eigenvalue weighted by atomic mass is 9.92. The number of aromatic hydroxyl groups is 2. The fraction of sp³-hybridized carbons (Fsp3) is 0.474. The molecule has 0 saturated carbocycles. The third-order valence-electron chi connectivity index (χ3n) is 4.28. The summed E-state index contributed by atoms with van der Waals surface area (Å²) in [6, 6.07) is 10.1. The van der Waals surface area contributed by atoms with Crippen LogP contribution in [-0.2, 0) is 0 Å². The summed E-state index contributed by atoms with van der Waals surface area (Å²) in [5.74, 6) is 0.418. The summed E-state index contributed by atoms with van der Waals surface area (Å²) in [7, 11) is 0. The normalized spacial score (nSPS) is 13.2. The zero-order chi connectivity index (χ0) is 17.0. The molecule has 1 aromatic carbocycles. The molecule has 0 radical (unpaired) electrons. The first-order valence-electron chi connectivity index (χ1n) is 8.21. The van der Waals surface area contributed by atoms with Crippen LogP contribution in [0.25, 0.3) is 0 Å². The molecule has 0 saturated heterocycles. The van der Waals surface area contributed by atoms with Crippen LogP contribution < -0.4 is 0 Å². The Kier molecular flexibility index (Phi) is 6.08. The van der Waals surface area contributed by atoms with Gasteiger partial charge in [0.15, 0.2) is 0 Å². The Labute approximate surface area is 143 Å². The highest BCUT2D eigenvalue weighted by molar-refractivity contribution is 7.10. The van der Waals surface area contributed by atoms with Gasteiger partial charge in [0.05, 0.1) is 0 Å². The summed E-state index contributed by atoms with van der Waals surface area (Å²) in [6.45, 7) is 9.85. The molecule has 1 unspecified atom stereocenters. The van der Waals surface area contributed by atoms with Crippen LogP contribution in [-0.4, -0.2) is 33.7 Å². The molecule has 2 aromatic rings. The van der Waals surface area contributed by atoms with Gasteiger partial charge in [-0.15, -0.1) is 11.3 Å². The van der Waals surface area contributed by atoms with Crippen molar-refractivity contribution in [2.75, 3.05) is 6.54 Å². The van der Waals surface area contributed by atoms with Gasteiger partial charge in [-0.3, -0.25) is 4.90 Å². The van der Waals surface area contributed by atoms with E-state index in [1.807, 2.05) is 12.1 Å². The molecule has 0 aliphatic heterocycles. The van der Waals surface area contributed by atoms with Crippen LogP contribution in [0.1, 0.15) is 50.5 Å². The zero-order valence-electron chi connectivity index (χ0n) is 14.4. The van der Waals surface area contributed by atoms with Crippen molar-refractivity contribution in [3.8, 4) is 11.5 Å². The molecule has 0 aliphatic rings. The van der Waals surface area contributed by atoms with Crippen molar-refractivity contribution in [1.29, 1.82) is 0 Å². The molecule has 2 rings (SSSR count). The molecule has 23 heavy (non-hydrogen) atoms. The van der Waals surface area contributed by atoms with E-state index in [-0.39, 0.29) is 17.4 Å². The molecular weight excluding hydrogens is 306 g/mol. The standard InChI is InChI=1S/C19H27NO2S/c1-13(2)20(14(3)4)10-9-17(19-6-5-11-23-19)16-8-7-15(21)12-18(16)22/h5-8,11-14,17,21-22H,9-10H2,1-4H3. The van der Waals surface area contributed by atoms with E-state index in [4.69, 9.17) is 0 Å². The monoisotopic (exact) mass is 333 g/mol.